The smallest absolute Gasteiger partial charge is 0.129 e. The van der Waals surface area contributed by atoms with Gasteiger partial charge in [-0.15, -0.1) is 0 Å². The van der Waals surface area contributed by atoms with Crippen molar-refractivity contribution in [3.8, 4) is 0 Å². The second-order valence-corrected chi connectivity index (χ2v) is 4.84. The molecule has 1 rings (SSSR count). The van der Waals surface area contributed by atoms with Crippen LogP contribution in [0.25, 0.3) is 0 Å². The molecule has 3 heteroatoms. The Morgan fingerprint density at radius 2 is 2.00 bits per heavy atom. The maximum absolute atomic E-state index is 5.62. The first-order valence-electron chi connectivity index (χ1n) is 4.70. The molecule has 0 aromatic carbocycles. The Kier molecular flexibility index (Phi) is 4.20. The number of halogens is 1. The zero-order chi connectivity index (χ0) is 10.6. The quantitative estimate of drug-likeness (QED) is 0.758. The van der Waals surface area contributed by atoms with Gasteiger partial charge in [0.2, 0.25) is 0 Å². The van der Waals surface area contributed by atoms with Gasteiger partial charge in [-0.25, -0.2) is 0 Å². The van der Waals surface area contributed by atoms with Gasteiger partial charge in [0.1, 0.15) is 18.1 Å². The van der Waals surface area contributed by atoms with Crippen molar-refractivity contribution < 1.29 is 9.15 Å². The Balaban J connectivity index is 2.59. The fraction of sp³-hybridized carbons (Fsp3) is 0.636. The average molecular weight is 261 g/mol. The van der Waals surface area contributed by atoms with Gasteiger partial charge in [0.15, 0.2) is 0 Å². The minimum atomic E-state index is 0.238. The fourth-order valence-electron chi connectivity index (χ4n) is 1.26. The lowest BCUT2D eigenvalue weighted by atomic mass is 9.91. The lowest BCUT2D eigenvalue weighted by Crippen LogP contribution is -2.15. The van der Waals surface area contributed by atoms with Crippen molar-refractivity contribution in [1.29, 1.82) is 0 Å². The molecule has 0 bridgehead atoms. The molecule has 1 heterocycles. The first-order chi connectivity index (χ1) is 6.57. The highest BCUT2D eigenvalue weighted by Crippen LogP contribution is 2.25. The van der Waals surface area contributed by atoms with Gasteiger partial charge in [0.05, 0.1) is 0 Å². The van der Waals surface area contributed by atoms with Crippen LogP contribution in [-0.2, 0) is 17.8 Å². The van der Waals surface area contributed by atoms with E-state index in [1.54, 1.807) is 7.11 Å². The van der Waals surface area contributed by atoms with Crippen molar-refractivity contribution in [2.24, 2.45) is 5.41 Å². The molecule has 0 amide bonds. The first-order valence-corrected chi connectivity index (χ1v) is 5.82. The molecule has 0 aliphatic heterocycles. The van der Waals surface area contributed by atoms with Crippen molar-refractivity contribution in [1.82, 2.24) is 0 Å². The van der Waals surface area contributed by atoms with Crippen molar-refractivity contribution in [2.45, 2.75) is 26.9 Å². The predicted octanol–water partition coefficient (Wildman–Crippen LogP) is 3.39. The predicted molar refractivity (Wildman–Crippen MR) is 60.7 cm³/mol. The summed E-state index contributed by atoms with van der Waals surface area (Å²) in [5.74, 6) is 1.93. The van der Waals surface area contributed by atoms with E-state index in [1.165, 1.54) is 0 Å². The van der Waals surface area contributed by atoms with Crippen LogP contribution in [0.5, 0.6) is 0 Å². The van der Waals surface area contributed by atoms with Crippen molar-refractivity contribution in [2.75, 3.05) is 12.4 Å². The van der Waals surface area contributed by atoms with E-state index in [2.05, 4.69) is 29.8 Å². The topological polar surface area (TPSA) is 22.4 Å². The third kappa shape index (κ3) is 3.46. The van der Waals surface area contributed by atoms with Crippen LogP contribution in [0.4, 0.5) is 0 Å². The van der Waals surface area contributed by atoms with Gasteiger partial charge in [-0.1, -0.05) is 29.8 Å². The molecule has 0 atom stereocenters. The molecule has 0 saturated heterocycles. The summed E-state index contributed by atoms with van der Waals surface area (Å²) < 4.78 is 10.6. The van der Waals surface area contributed by atoms with Crippen molar-refractivity contribution in [3.05, 3.63) is 23.7 Å². The summed E-state index contributed by atoms with van der Waals surface area (Å²) in [4.78, 5) is 0. The van der Waals surface area contributed by atoms with E-state index in [0.29, 0.717) is 6.61 Å². The lowest BCUT2D eigenvalue weighted by molar-refractivity contribution is 0.161. The van der Waals surface area contributed by atoms with Crippen molar-refractivity contribution in [3.63, 3.8) is 0 Å². The van der Waals surface area contributed by atoms with Gasteiger partial charge >= 0.3 is 0 Å². The maximum atomic E-state index is 5.62. The zero-order valence-corrected chi connectivity index (χ0v) is 10.6. The van der Waals surface area contributed by atoms with Crippen LogP contribution in [0, 0.1) is 5.41 Å². The number of alkyl halides is 1. The average Bonchev–Trinajstić information content (AvgIpc) is 2.53. The van der Waals surface area contributed by atoms with Gasteiger partial charge in [-0.3, -0.25) is 0 Å². The molecule has 0 spiro atoms. The van der Waals surface area contributed by atoms with E-state index in [0.717, 1.165) is 23.3 Å². The summed E-state index contributed by atoms with van der Waals surface area (Å²) in [5.41, 5.74) is 0.238. The largest absolute Gasteiger partial charge is 0.464 e. The van der Waals surface area contributed by atoms with Crippen LogP contribution in [-0.4, -0.2) is 12.4 Å². The fourth-order valence-corrected chi connectivity index (χ4v) is 1.45. The van der Waals surface area contributed by atoms with Crippen molar-refractivity contribution >= 4 is 15.9 Å². The number of hydrogen-bond acceptors (Lipinski definition) is 2. The number of methoxy groups -OCH3 is 1. The molecule has 0 aliphatic carbocycles. The second-order valence-electron chi connectivity index (χ2n) is 4.28. The Labute approximate surface area is 93.8 Å². The summed E-state index contributed by atoms with van der Waals surface area (Å²) in [6, 6.07) is 4.00. The van der Waals surface area contributed by atoms with Crippen LogP contribution in [0.1, 0.15) is 25.4 Å². The number of hydrogen-bond donors (Lipinski definition) is 0. The molecular formula is C11H17BrO2. The molecule has 0 fully saturated rings. The Morgan fingerprint density at radius 1 is 1.36 bits per heavy atom. The summed E-state index contributed by atoms with van der Waals surface area (Å²) in [5, 5.41) is 0.973. The van der Waals surface area contributed by atoms with Gasteiger partial charge in [0.25, 0.3) is 0 Å². The molecule has 0 N–H and O–H groups in total. The summed E-state index contributed by atoms with van der Waals surface area (Å²) in [6.07, 6.45) is 0.946. The molecule has 0 radical (unpaired) electrons. The van der Waals surface area contributed by atoms with Gasteiger partial charge in [-0.2, -0.15) is 0 Å². The first kappa shape index (κ1) is 11.8. The highest BCUT2D eigenvalue weighted by Gasteiger charge is 2.18. The highest BCUT2D eigenvalue weighted by molar-refractivity contribution is 9.09. The summed E-state index contributed by atoms with van der Waals surface area (Å²) in [6.45, 7) is 4.97. The molecular weight excluding hydrogens is 244 g/mol. The van der Waals surface area contributed by atoms with Crippen LogP contribution < -0.4 is 0 Å². The molecule has 80 valence electrons. The second kappa shape index (κ2) is 4.99. The van der Waals surface area contributed by atoms with Crippen LogP contribution >= 0.6 is 15.9 Å². The Hall–Kier alpha value is -0.280. The van der Waals surface area contributed by atoms with Crippen LogP contribution in [0.3, 0.4) is 0 Å². The molecule has 0 aliphatic rings. The van der Waals surface area contributed by atoms with E-state index < -0.39 is 0 Å². The van der Waals surface area contributed by atoms with Crippen LogP contribution in [0.2, 0.25) is 0 Å². The van der Waals surface area contributed by atoms with Crippen LogP contribution in [0.15, 0.2) is 16.5 Å². The monoisotopic (exact) mass is 260 g/mol. The summed E-state index contributed by atoms with van der Waals surface area (Å²) in [7, 11) is 1.67. The van der Waals surface area contributed by atoms with E-state index in [9.17, 15) is 0 Å². The standard InChI is InChI=1S/C11H17BrO2/c1-11(2,8-12)6-9-4-5-10(14-9)7-13-3/h4-5H,6-8H2,1-3H3. The number of furan rings is 1. The lowest BCUT2D eigenvalue weighted by Gasteiger charge is -2.19. The Morgan fingerprint density at radius 3 is 2.57 bits per heavy atom. The molecule has 1 aromatic rings. The van der Waals surface area contributed by atoms with E-state index in [1.807, 2.05) is 12.1 Å². The van der Waals surface area contributed by atoms with Gasteiger partial charge in [0, 0.05) is 18.9 Å². The van der Waals surface area contributed by atoms with Gasteiger partial charge in [-0.05, 0) is 17.5 Å². The summed E-state index contributed by atoms with van der Waals surface area (Å²) >= 11 is 3.50. The molecule has 14 heavy (non-hydrogen) atoms. The third-order valence-electron chi connectivity index (χ3n) is 2.02. The third-order valence-corrected chi connectivity index (χ3v) is 3.54. The van der Waals surface area contributed by atoms with E-state index in [-0.39, 0.29) is 5.41 Å². The minimum Gasteiger partial charge on any atom is -0.464 e. The normalized spacial score (nSPS) is 12.0. The number of rotatable bonds is 5. The molecule has 1 aromatic heterocycles. The maximum Gasteiger partial charge on any atom is 0.129 e. The van der Waals surface area contributed by atoms with Gasteiger partial charge < -0.3 is 9.15 Å². The molecule has 0 unspecified atom stereocenters. The minimum absolute atomic E-state index is 0.238. The molecule has 2 nitrogen and oxygen atoms in total. The zero-order valence-electron chi connectivity index (χ0n) is 8.97. The molecule has 0 saturated carbocycles. The SMILES string of the molecule is COCc1ccc(CC(C)(C)CBr)o1. The van der Waals surface area contributed by atoms with E-state index >= 15 is 0 Å². The van der Waals surface area contributed by atoms with E-state index in [4.69, 9.17) is 9.15 Å². The highest BCUT2D eigenvalue weighted by atomic mass is 79.9. The number of ether oxygens (including phenoxy) is 1. The Bertz CT molecular complexity index is 279.